The van der Waals surface area contributed by atoms with E-state index in [2.05, 4.69) is 21.6 Å². The van der Waals surface area contributed by atoms with Crippen LogP contribution in [0.4, 0.5) is 0 Å². The van der Waals surface area contributed by atoms with E-state index in [-0.39, 0.29) is 0 Å². The molecule has 3 aliphatic rings. The predicted molar refractivity (Wildman–Crippen MR) is 79.1 cm³/mol. The SMILES string of the molecule is NCC(C1CCSC1)N1CCC(N2CCCC2)C1. The van der Waals surface area contributed by atoms with Crippen LogP contribution in [-0.2, 0) is 0 Å². The zero-order chi connectivity index (χ0) is 12.4. The van der Waals surface area contributed by atoms with Crippen LogP contribution in [0, 0.1) is 5.92 Å². The van der Waals surface area contributed by atoms with Crippen molar-refractivity contribution in [2.75, 3.05) is 44.2 Å². The fourth-order valence-electron chi connectivity index (χ4n) is 3.97. The molecule has 0 spiro atoms. The first-order valence-corrected chi connectivity index (χ1v) is 8.80. The first kappa shape index (κ1) is 13.2. The molecule has 3 fully saturated rings. The number of likely N-dealkylation sites (tertiary alicyclic amines) is 2. The van der Waals surface area contributed by atoms with Gasteiger partial charge in [-0.3, -0.25) is 9.80 Å². The van der Waals surface area contributed by atoms with E-state index in [9.17, 15) is 0 Å². The third-order valence-corrected chi connectivity index (χ3v) is 6.26. The van der Waals surface area contributed by atoms with Gasteiger partial charge in [0.15, 0.2) is 0 Å². The van der Waals surface area contributed by atoms with Gasteiger partial charge in [0.1, 0.15) is 0 Å². The molecule has 3 atom stereocenters. The summed E-state index contributed by atoms with van der Waals surface area (Å²) in [4.78, 5) is 5.43. The highest BCUT2D eigenvalue weighted by Crippen LogP contribution is 2.31. The van der Waals surface area contributed by atoms with Crippen molar-refractivity contribution in [3.05, 3.63) is 0 Å². The molecule has 0 aromatic heterocycles. The molecule has 0 aromatic carbocycles. The highest BCUT2D eigenvalue weighted by molar-refractivity contribution is 7.99. The van der Waals surface area contributed by atoms with Gasteiger partial charge in [0, 0.05) is 31.7 Å². The molecule has 0 aliphatic carbocycles. The Bertz CT molecular complexity index is 262. The van der Waals surface area contributed by atoms with Crippen LogP contribution < -0.4 is 5.73 Å². The summed E-state index contributed by atoms with van der Waals surface area (Å²) in [6.45, 7) is 6.10. The van der Waals surface area contributed by atoms with E-state index in [4.69, 9.17) is 5.73 Å². The van der Waals surface area contributed by atoms with Crippen molar-refractivity contribution in [1.82, 2.24) is 9.80 Å². The summed E-state index contributed by atoms with van der Waals surface area (Å²) < 4.78 is 0. The number of rotatable bonds is 4. The van der Waals surface area contributed by atoms with Crippen molar-refractivity contribution in [3.63, 3.8) is 0 Å². The molecule has 0 saturated carbocycles. The Kier molecular flexibility index (Phi) is 4.50. The highest BCUT2D eigenvalue weighted by atomic mass is 32.2. The zero-order valence-electron chi connectivity index (χ0n) is 11.4. The van der Waals surface area contributed by atoms with Crippen LogP contribution in [0.3, 0.4) is 0 Å². The van der Waals surface area contributed by atoms with Gasteiger partial charge in [-0.05, 0) is 56.2 Å². The average Bonchev–Trinajstić information content (AvgIpc) is 3.13. The number of hydrogen-bond acceptors (Lipinski definition) is 4. The maximum Gasteiger partial charge on any atom is 0.0255 e. The van der Waals surface area contributed by atoms with Gasteiger partial charge in [-0.2, -0.15) is 11.8 Å². The van der Waals surface area contributed by atoms with Crippen molar-refractivity contribution in [2.24, 2.45) is 11.7 Å². The van der Waals surface area contributed by atoms with E-state index in [1.54, 1.807) is 0 Å². The quantitative estimate of drug-likeness (QED) is 0.832. The number of nitrogens with two attached hydrogens (primary N) is 1. The van der Waals surface area contributed by atoms with E-state index < -0.39 is 0 Å². The molecular weight excluding hydrogens is 242 g/mol. The lowest BCUT2D eigenvalue weighted by Crippen LogP contribution is -2.46. The summed E-state index contributed by atoms with van der Waals surface area (Å²) in [6.07, 6.45) is 5.58. The molecule has 2 N–H and O–H groups in total. The topological polar surface area (TPSA) is 32.5 Å². The summed E-state index contributed by atoms with van der Waals surface area (Å²) in [7, 11) is 0. The molecule has 3 aliphatic heterocycles. The summed E-state index contributed by atoms with van der Waals surface area (Å²) in [6, 6.07) is 1.49. The van der Waals surface area contributed by atoms with Crippen molar-refractivity contribution < 1.29 is 0 Å². The van der Waals surface area contributed by atoms with Crippen LogP contribution in [0.5, 0.6) is 0 Å². The Hall–Kier alpha value is 0.230. The Balaban J connectivity index is 1.55. The molecule has 0 bridgehead atoms. The molecule has 0 aromatic rings. The normalized spacial score (nSPS) is 36.5. The Labute approximate surface area is 115 Å². The van der Waals surface area contributed by atoms with Crippen LogP contribution >= 0.6 is 11.8 Å². The lowest BCUT2D eigenvalue weighted by molar-refractivity contribution is 0.167. The minimum atomic E-state index is 0.660. The van der Waals surface area contributed by atoms with Gasteiger partial charge in [-0.25, -0.2) is 0 Å². The molecule has 3 unspecified atom stereocenters. The molecule has 0 amide bonds. The van der Waals surface area contributed by atoms with Gasteiger partial charge in [-0.15, -0.1) is 0 Å². The summed E-state index contributed by atoms with van der Waals surface area (Å²) >= 11 is 2.12. The van der Waals surface area contributed by atoms with Gasteiger partial charge < -0.3 is 5.73 Å². The van der Waals surface area contributed by atoms with Crippen molar-refractivity contribution in [3.8, 4) is 0 Å². The Morgan fingerprint density at radius 1 is 1.17 bits per heavy atom. The van der Waals surface area contributed by atoms with Crippen molar-refractivity contribution in [1.29, 1.82) is 0 Å². The van der Waals surface area contributed by atoms with Gasteiger partial charge in [-0.1, -0.05) is 0 Å². The van der Waals surface area contributed by atoms with E-state index in [0.717, 1.165) is 18.5 Å². The number of hydrogen-bond donors (Lipinski definition) is 1. The lowest BCUT2D eigenvalue weighted by atomic mass is 9.98. The number of nitrogens with zero attached hydrogens (tertiary/aromatic N) is 2. The molecule has 3 nitrogen and oxygen atoms in total. The molecule has 0 radical (unpaired) electrons. The van der Waals surface area contributed by atoms with E-state index >= 15 is 0 Å². The fraction of sp³-hybridized carbons (Fsp3) is 1.00. The summed E-state index contributed by atoms with van der Waals surface area (Å²) in [5.74, 6) is 3.55. The highest BCUT2D eigenvalue weighted by Gasteiger charge is 2.36. The molecule has 3 saturated heterocycles. The van der Waals surface area contributed by atoms with Crippen LogP contribution in [0.1, 0.15) is 25.7 Å². The largest absolute Gasteiger partial charge is 0.329 e. The average molecular weight is 269 g/mol. The predicted octanol–water partition coefficient (Wildman–Crippen LogP) is 1.24. The standard InChI is InChI=1S/C14H27N3S/c15-9-14(12-4-8-18-11-12)17-7-3-13(10-17)16-5-1-2-6-16/h12-14H,1-11,15H2. The smallest absolute Gasteiger partial charge is 0.0255 e. The zero-order valence-corrected chi connectivity index (χ0v) is 12.2. The molecule has 3 rings (SSSR count). The maximum absolute atomic E-state index is 6.07. The van der Waals surface area contributed by atoms with Gasteiger partial charge in [0.25, 0.3) is 0 Å². The van der Waals surface area contributed by atoms with Crippen LogP contribution in [0.25, 0.3) is 0 Å². The first-order chi connectivity index (χ1) is 8.88. The second kappa shape index (κ2) is 6.12. The molecular formula is C14H27N3S. The minimum absolute atomic E-state index is 0.660. The third-order valence-electron chi connectivity index (χ3n) is 5.07. The van der Waals surface area contributed by atoms with Gasteiger partial charge >= 0.3 is 0 Å². The minimum Gasteiger partial charge on any atom is -0.329 e. The lowest BCUT2D eigenvalue weighted by Gasteiger charge is -2.32. The molecule has 3 heterocycles. The van der Waals surface area contributed by atoms with Crippen LogP contribution in [-0.4, -0.2) is 66.1 Å². The van der Waals surface area contributed by atoms with Crippen molar-refractivity contribution >= 4 is 11.8 Å². The third kappa shape index (κ3) is 2.72. The molecule has 4 heteroatoms. The molecule has 18 heavy (non-hydrogen) atoms. The summed E-state index contributed by atoms with van der Waals surface area (Å²) in [5.41, 5.74) is 6.07. The monoisotopic (exact) mass is 269 g/mol. The van der Waals surface area contributed by atoms with Gasteiger partial charge in [0.05, 0.1) is 0 Å². The maximum atomic E-state index is 6.07. The Morgan fingerprint density at radius 3 is 2.67 bits per heavy atom. The van der Waals surface area contributed by atoms with Crippen LogP contribution in [0.2, 0.25) is 0 Å². The van der Waals surface area contributed by atoms with E-state index in [1.807, 2.05) is 0 Å². The van der Waals surface area contributed by atoms with Gasteiger partial charge in [0.2, 0.25) is 0 Å². The van der Waals surface area contributed by atoms with Crippen LogP contribution in [0.15, 0.2) is 0 Å². The first-order valence-electron chi connectivity index (χ1n) is 7.64. The second-order valence-corrected chi connectivity index (χ2v) is 7.26. The fourth-order valence-corrected chi connectivity index (χ4v) is 5.30. The Morgan fingerprint density at radius 2 is 2.00 bits per heavy atom. The number of thioether (sulfide) groups is 1. The van der Waals surface area contributed by atoms with E-state index in [1.165, 1.54) is 63.4 Å². The van der Waals surface area contributed by atoms with E-state index in [0.29, 0.717) is 6.04 Å². The second-order valence-electron chi connectivity index (χ2n) is 6.11. The molecule has 104 valence electrons. The van der Waals surface area contributed by atoms with Crippen molar-refractivity contribution in [2.45, 2.75) is 37.8 Å². The summed E-state index contributed by atoms with van der Waals surface area (Å²) in [5, 5.41) is 0.